The molecule has 7 nitrogen and oxygen atoms in total. The molecule has 2 unspecified atom stereocenters. The molecule has 7 heteroatoms. The second kappa shape index (κ2) is 19.2. The van der Waals surface area contributed by atoms with Crippen molar-refractivity contribution in [3.05, 3.63) is 0 Å². The van der Waals surface area contributed by atoms with Gasteiger partial charge in [-0.15, -0.1) is 0 Å². The van der Waals surface area contributed by atoms with Gasteiger partial charge in [-0.3, -0.25) is 19.2 Å². The third-order valence-corrected chi connectivity index (χ3v) is 6.60. The van der Waals surface area contributed by atoms with E-state index < -0.39 is 17.0 Å². The summed E-state index contributed by atoms with van der Waals surface area (Å²) in [6.45, 7) is 12.7. The fraction of sp³-hybridized carbons (Fsp3) is 0.867. The Morgan fingerprint density at radius 3 is 1.86 bits per heavy atom. The first-order valence-electron chi connectivity index (χ1n) is 14.4. The summed E-state index contributed by atoms with van der Waals surface area (Å²) in [7, 11) is 0. The molecule has 0 heterocycles. The molecule has 0 aliphatic heterocycles. The van der Waals surface area contributed by atoms with Crippen molar-refractivity contribution in [2.75, 3.05) is 6.61 Å². The molecule has 0 fully saturated rings. The molecule has 0 saturated carbocycles. The van der Waals surface area contributed by atoms with Crippen molar-refractivity contribution in [2.24, 2.45) is 5.41 Å². The number of ether oxygens (including phenoxy) is 3. The molecular weight excluding hydrogens is 472 g/mol. The van der Waals surface area contributed by atoms with Gasteiger partial charge in [0, 0.05) is 13.3 Å². The van der Waals surface area contributed by atoms with Gasteiger partial charge in [0.2, 0.25) is 0 Å². The summed E-state index contributed by atoms with van der Waals surface area (Å²) in [5.74, 6) is -1.15. The Bertz CT molecular complexity index is 680. The summed E-state index contributed by atoms with van der Waals surface area (Å²) in [6, 6.07) is 0. The van der Waals surface area contributed by atoms with Gasteiger partial charge in [-0.2, -0.15) is 0 Å². The van der Waals surface area contributed by atoms with Crippen molar-refractivity contribution in [3.8, 4) is 0 Å². The molecular formula is C30H54O7. The van der Waals surface area contributed by atoms with E-state index in [0.29, 0.717) is 45.1 Å². The van der Waals surface area contributed by atoms with Crippen LogP contribution in [-0.4, -0.2) is 42.0 Å². The molecule has 0 saturated heterocycles. The molecule has 216 valence electrons. The van der Waals surface area contributed by atoms with Gasteiger partial charge >= 0.3 is 17.9 Å². The molecule has 0 amide bonds. The Balaban J connectivity index is 5.19. The molecule has 0 aliphatic rings. The first-order valence-corrected chi connectivity index (χ1v) is 14.4. The van der Waals surface area contributed by atoms with Crippen molar-refractivity contribution in [1.82, 2.24) is 0 Å². The normalized spacial score (nSPS) is 13.9. The van der Waals surface area contributed by atoms with Crippen LogP contribution in [0.25, 0.3) is 0 Å². The highest BCUT2D eigenvalue weighted by atomic mass is 16.6. The van der Waals surface area contributed by atoms with Crippen molar-refractivity contribution < 1.29 is 33.4 Å². The number of carbonyl (C=O) groups excluding carboxylic acids is 4. The fourth-order valence-corrected chi connectivity index (χ4v) is 4.59. The SMILES string of the molecule is CCCCCCCC(CCCC(CCCCCCC(=O)OCC)(C(C)=O)C(=O)OC(C)(C)C)OC(C)=O. The van der Waals surface area contributed by atoms with Crippen molar-refractivity contribution in [2.45, 2.75) is 156 Å². The number of rotatable bonds is 21. The molecule has 37 heavy (non-hydrogen) atoms. The molecule has 2 atom stereocenters. The van der Waals surface area contributed by atoms with Crippen molar-refractivity contribution in [1.29, 1.82) is 0 Å². The van der Waals surface area contributed by atoms with Gasteiger partial charge in [-0.05, 0) is 79.6 Å². The highest BCUT2D eigenvalue weighted by molar-refractivity contribution is 6.02. The van der Waals surface area contributed by atoms with E-state index >= 15 is 0 Å². The summed E-state index contributed by atoms with van der Waals surface area (Å²) in [5, 5.41) is 0. The zero-order valence-electron chi connectivity index (χ0n) is 24.7. The van der Waals surface area contributed by atoms with Crippen LogP contribution in [0.2, 0.25) is 0 Å². The van der Waals surface area contributed by atoms with E-state index in [2.05, 4.69) is 6.92 Å². The molecule has 0 N–H and O–H groups in total. The maximum Gasteiger partial charge on any atom is 0.320 e. The van der Waals surface area contributed by atoms with Crippen molar-refractivity contribution in [3.63, 3.8) is 0 Å². The van der Waals surface area contributed by atoms with Gasteiger partial charge in [0.15, 0.2) is 0 Å². The smallest absolute Gasteiger partial charge is 0.320 e. The zero-order chi connectivity index (χ0) is 28.3. The number of unbranched alkanes of at least 4 members (excludes halogenated alkanes) is 7. The minimum Gasteiger partial charge on any atom is -0.466 e. The van der Waals surface area contributed by atoms with Crippen LogP contribution in [0.1, 0.15) is 145 Å². The van der Waals surface area contributed by atoms with Gasteiger partial charge in [0.25, 0.3) is 0 Å². The number of carbonyl (C=O) groups is 4. The predicted octanol–water partition coefficient (Wildman–Crippen LogP) is 7.27. The van der Waals surface area contributed by atoms with E-state index in [1.807, 2.05) is 0 Å². The quantitative estimate of drug-likeness (QED) is 0.0671. The number of esters is 3. The largest absolute Gasteiger partial charge is 0.466 e. The maximum absolute atomic E-state index is 13.3. The Morgan fingerprint density at radius 2 is 1.30 bits per heavy atom. The lowest BCUT2D eigenvalue weighted by Gasteiger charge is -2.33. The summed E-state index contributed by atoms with van der Waals surface area (Å²) in [6.07, 6.45) is 11.7. The van der Waals surface area contributed by atoms with Gasteiger partial charge < -0.3 is 14.2 Å². The van der Waals surface area contributed by atoms with Gasteiger partial charge in [0.1, 0.15) is 22.9 Å². The van der Waals surface area contributed by atoms with Crippen LogP contribution in [0.15, 0.2) is 0 Å². The van der Waals surface area contributed by atoms with Gasteiger partial charge in [-0.1, -0.05) is 51.9 Å². The zero-order valence-corrected chi connectivity index (χ0v) is 24.7. The lowest BCUT2D eigenvalue weighted by Crippen LogP contribution is -2.43. The predicted molar refractivity (Wildman–Crippen MR) is 146 cm³/mol. The van der Waals surface area contributed by atoms with Crippen LogP contribution in [0.3, 0.4) is 0 Å². The number of hydrogen-bond donors (Lipinski definition) is 0. The highest BCUT2D eigenvalue weighted by Crippen LogP contribution is 2.36. The van der Waals surface area contributed by atoms with E-state index in [4.69, 9.17) is 14.2 Å². The van der Waals surface area contributed by atoms with Crippen LogP contribution in [0, 0.1) is 5.41 Å². The molecule has 0 aromatic carbocycles. The second-order valence-corrected chi connectivity index (χ2v) is 11.2. The first-order chi connectivity index (χ1) is 17.4. The van der Waals surface area contributed by atoms with Gasteiger partial charge in [-0.25, -0.2) is 0 Å². The Kier molecular flexibility index (Phi) is 18.2. The third kappa shape index (κ3) is 16.5. The summed E-state index contributed by atoms with van der Waals surface area (Å²) in [5.41, 5.74) is -1.91. The topological polar surface area (TPSA) is 96.0 Å². The Hall–Kier alpha value is -1.92. The van der Waals surface area contributed by atoms with E-state index in [9.17, 15) is 19.2 Å². The highest BCUT2D eigenvalue weighted by Gasteiger charge is 2.45. The Morgan fingerprint density at radius 1 is 0.730 bits per heavy atom. The summed E-state index contributed by atoms with van der Waals surface area (Å²) in [4.78, 5) is 49.5. The van der Waals surface area contributed by atoms with E-state index in [1.54, 1.807) is 27.7 Å². The van der Waals surface area contributed by atoms with E-state index in [-0.39, 0.29) is 23.8 Å². The molecule has 0 bridgehead atoms. The minimum absolute atomic E-state index is 0.183. The Labute approximate surface area is 225 Å². The van der Waals surface area contributed by atoms with E-state index in [1.165, 1.54) is 33.1 Å². The van der Waals surface area contributed by atoms with Crippen LogP contribution in [0.5, 0.6) is 0 Å². The maximum atomic E-state index is 13.3. The lowest BCUT2D eigenvalue weighted by molar-refractivity contribution is -0.171. The molecule has 0 spiro atoms. The molecule has 0 rings (SSSR count). The second-order valence-electron chi connectivity index (χ2n) is 11.2. The molecule has 0 aliphatic carbocycles. The first kappa shape index (κ1) is 35.1. The fourth-order valence-electron chi connectivity index (χ4n) is 4.59. The molecule has 0 radical (unpaired) electrons. The van der Waals surface area contributed by atoms with Gasteiger partial charge in [0.05, 0.1) is 6.61 Å². The average Bonchev–Trinajstić information content (AvgIpc) is 2.78. The third-order valence-electron chi connectivity index (χ3n) is 6.60. The lowest BCUT2D eigenvalue weighted by atomic mass is 9.74. The van der Waals surface area contributed by atoms with Crippen LogP contribution >= 0.6 is 0 Å². The molecule has 0 aromatic heterocycles. The number of hydrogen-bond acceptors (Lipinski definition) is 7. The summed E-state index contributed by atoms with van der Waals surface area (Å²) < 4.78 is 16.2. The molecule has 0 aromatic rings. The van der Waals surface area contributed by atoms with Crippen LogP contribution in [0.4, 0.5) is 0 Å². The minimum atomic E-state index is -1.21. The monoisotopic (exact) mass is 526 g/mol. The van der Waals surface area contributed by atoms with Crippen LogP contribution < -0.4 is 0 Å². The number of ketones is 1. The van der Waals surface area contributed by atoms with Crippen LogP contribution in [-0.2, 0) is 33.4 Å². The average molecular weight is 527 g/mol. The summed E-state index contributed by atoms with van der Waals surface area (Å²) >= 11 is 0. The number of Topliss-reactive ketones (excluding diaryl/α,β-unsaturated/α-hetero) is 1. The standard InChI is InChI=1S/C30H54O7/c1-8-10-11-12-15-19-26(36-25(4)32)20-18-23-30(24(3)31,28(34)37-29(5,6)7)22-17-14-13-16-21-27(33)35-9-2/h26H,8-23H2,1-7H3. The van der Waals surface area contributed by atoms with Crippen molar-refractivity contribution >= 4 is 23.7 Å². The van der Waals surface area contributed by atoms with E-state index in [0.717, 1.165) is 38.5 Å².